The van der Waals surface area contributed by atoms with E-state index in [-0.39, 0.29) is 10.8 Å². The standard InChI is InChI=1S/C13H13NO4S/c1-10-9-11(6-7-12(10)17-2)19(15,16)18-13-5-3-4-8-14-13/h3-9H,1-2H3. The maximum atomic E-state index is 12.1. The van der Waals surface area contributed by atoms with E-state index in [1.165, 1.54) is 31.5 Å². The number of benzene rings is 1. The maximum Gasteiger partial charge on any atom is 0.340 e. The molecule has 0 fully saturated rings. The molecule has 100 valence electrons. The van der Waals surface area contributed by atoms with Gasteiger partial charge in [-0.3, -0.25) is 0 Å². The molecule has 2 aromatic rings. The third-order valence-corrected chi connectivity index (χ3v) is 3.71. The second kappa shape index (κ2) is 5.27. The Morgan fingerprint density at radius 3 is 2.53 bits per heavy atom. The van der Waals surface area contributed by atoms with Crippen LogP contribution in [0.15, 0.2) is 47.5 Å². The molecule has 1 aromatic carbocycles. The summed E-state index contributed by atoms with van der Waals surface area (Å²) in [4.78, 5) is 3.89. The molecule has 0 bridgehead atoms. The lowest BCUT2D eigenvalue weighted by molar-refractivity contribution is 0.411. The van der Waals surface area contributed by atoms with E-state index in [0.717, 1.165) is 0 Å². The first-order valence-corrected chi connectivity index (χ1v) is 6.94. The number of aromatic nitrogens is 1. The smallest absolute Gasteiger partial charge is 0.340 e. The van der Waals surface area contributed by atoms with Gasteiger partial charge in [0, 0.05) is 12.3 Å². The number of methoxy groups -OCH3 is 1. The van der Waals surface area contributed by atoms with Crippen LogP contribution in [0.4, 0.5) is 0 Å². The molecule has 0 saturated heterocycles. The van der Waals surface area contributed by atoms with Crippen molar-refractivity contribution in [2.45, 2.75) is 11.8 Å². The molecule has 0 aliphatic carbocycles. The van der Waals surface area contributed by atoms with Crippen LogP contribution in [0.5, 0.6) is 11.6 Å². The minimum Gasteiger partial charge on any atom is -0.496 e. The number of pyridine rings is 1. The molecule has 0 aliphatic rings. The van der Waals surface area contributed by atoms with Gasteiger partial charge in [0.05, 0.1) is 7.11 Å². The fourth-order valence-electron chi connectivity index (χ4n) is 1.56. The van der Waals surface area contributed by atoms with E-state index in [2.05, 4.69) is 4.98 Å². The number of hydrogen-bond acceptors (Lipinski definition) is 5. The van der Waals surface area contributed by atoms with Gasteiger partial charge in [-0.25, -0.2) is 4.98 Å². The van der Waals surface area contributed by atoms with Gasteiger partial charge >= 0.3 is 10.1 Å². The summed E-state index contributed by atoms with van der Waals surface area (Å²) in [6, 6.07) is 9.33. The van der Waals surface area contributed by atoms with Crippen LogP contribution in [0.2, 0.25) is 0 Å². The van der Waals surface area contributed by atoms with E-state index in [0.29, 0.717) is 11.3 Å². The molecule has 5 nitrogen and oxygen atoms in total. The molecule has 6 heteroatoms. The summed E-state index contributed by atoms with van der Waals surface area (Å²) in [6.07, 6.45) is 1.46. The molecule has 0 aliphatic heterocycles. The number of nitrogens with zero attached hydrogens (tertiary/aromatic N) is 1. The third kappa shape index (κ3) is 3.03. The van der Waals surface area contributed by atoms with Crippen molar-refractivity contribution in [1.82, 2.24) is 4.98 Å². The second-order valence-corrected chi connectivity index (χ2v) is 5.38. The van der Waals surface area contributed by atoms with Gasteiger partial charge in [0.1, 0.15) is 10.6 Å². The van der Waals surface area contributed by atoms with E-state index in [9.17, 15) is 8.42 Å². The van der Waals surface area contributed by atoms with Crippen molar-refractivity contribution in [3.05, 3.63) is 48.2 Å². The summed E-state index contributed by atoms with van der Waals surface area (Å²) in [5.74, 6) is 0.660. The van der Waals surface area contributed by atoms with Gasteiger partial charge in [-0.15, -0.1) is 0 Å². The fraction of sp³-hybridized carbons (Fsp3) is 0.154. The van der Waals surface area contributed by atoms with Gasteiger partial charge in [-0.2, -0.15) is 8.42 Å². The molecule has 0 unspecified atom stereocenters. The quantitative estimate of drug-likeness (QED) is 0.802. The third-order valence-electron chi connectivity index (χ3n) is 2.49. The highest BCUT2D eigenvalue weighted by atomic mass is 32.2. The van der Waals surface area contributed by atoms with Crippen LogP contribution in [0.1, 0.15) is 5.56 Å². The topological polar surface area (TPSA) is 65.5 Å². The molecule has 19 heavy (non-hydrogen) atoms. The number of hydrogen-bond donors (Lipinski definition) is 0. The highest BCUT2D eigenvalue weighted by molar-refractivity contribution is 7.87. The Balaban J connectivity index is 2.32. The van der Waals surface area contributed by atoms with Crippen LogP contribution in [0.3, 0.4) is 0 Å². The van der Waals surface area contributed by atoms with Crippen LogP contribution in [0, 0.1) is 6.92 Å². The van der Waals surface area contributed by atoms with Gasteiger partial charge in [-0.05, 0) is 36.8 Å². The molecular formula is C13H13NO4S. The van der Waals surface area contributed by atoms with Gasteiger partial charge < -0.3 is 8.92 Å². The summed E-state index contributed by atoms with van der Waals surface area (Å²) in [5, 5.41) is 0. The largest absolute Gasteiger partial charge is 0.496 e. The van der Waals surface area contributed by atoms with Crippen molar-refractivity contribution >= 4 is 10.1 Å². The first-order chi connectivity index (χ1) is 9.03. The Morgan fingerprint density at radius 2 is 1.95 bits per heavy atom. The molecule has 2 rings (SSSR count). The average molecular weight is 279 g/mol. The Labute approximate surface area is 111 Å². The van der Waals surface area contributed by atoms with Crippen molar-refractivity contribution in [3.63, 3.8) is 0 Å². The Hall–Kier alpha value is -2.08. The van der Waals surface area contributed by atoms with E-state index in [4.69, 9.17) is 8.92 Å². The van der Waals surface area contributed by atoms with Crippen LogP contribution in [-0.2, 0) is 10.1 Å². The Morgan fingerprint density at radius 1 is 1.16 bits per heavy atom. The van der Waals surface area contributed by atoms with E-state index >= 15 is 0 Å². The van der Waals surface area contributed by atoms with E-state index in [1.54, 1.807) is 25.1 Å². The summed E-state index contributed by atoms with van der Waals surface area (Å²) < 4.78 is 34.1. The molecule has 0 amide bonds. The summed E-state index contributed by atoms with van der Waals surface area (Å²) in [5.41, 5.74) is 0.716. The molecule has 0 atom stereocenters. The zero-order valence-corrected chi connectivity index (χ0v) is 11.3. The summed E-state index contributed by atoms with van der Waals surface area (Å²) >= 11 is 0. The molecule has 1 aromatic heterocycles. The van der Waals surface area contributed by atoms with Crippen LogP contribution in [-0.4, -0.2) is 20.5 Å². The molecular weight excluding hydrogens is 266 g/mol. The summed E-state index contributed by atoms with van der Waals surface area (Å²) in [7, 11) is -2.35. The second-order valence-electron chi connectivity index (χ2n) is 3.84. The lowest BCUT2D eigenvalue weighted by Gasteiger charge is -2.08. The van der Waals surface area contributed by atoms with Crippen molar-refractivity contribution < 1.29 is 17.3 Å². The van der Waals surface area contributed by atoms with Crippen molar-refractivity contribution in [2.75, 3.05) is 7.11 Å². The first kappa shape index (κ1) is 13.4. The van der Waals surface area contributed by atoms with Crippen LogP contribution >= 0.6 is 0 Å². The number of rotatable bonds is 4. The van der Waals surface area contributed by atoms with Crippen LogP contribution in [0.25, 0.3) is 0 Å². The van der Waals surface area contributed by atoms with Gasteiger partial charge in [0.25, 0.3) is 0 Å². The Bertz CT molecular complexity index is 668. The van der Waals surface area contributed by atoms with E-state index < -0.39 is 10.1 Å². The van der Waals surface area contributed by atoms with Gasteiger partial charge in [-0.1, -0.05) is 6.07 Å². The first-order valence-electron chi connectivity index (χ1n) is 5.53. The average Bonchev–Trinajstić information content (AvgIpc) is 2.39. The minimum absolute atomic E-state index is 0.0379. The zero-order valence-electron chi connectivity index (χ0n) is 10.5. The predicted octanol–water partition coefficient (Wildman–Crippen LogP) is 2.17. The lowest BCUT2D eigenvalue weighted by atomic mass is 10.2. The highest BCUT2D eigenvalue weighted by Gasteiger charge is 2.18. The maximum absolute atomic E-state index is 12.1. The molecule has 0 saturated carbocycles. The SMILES string of the molecule is COc1ccc(S(=O)(=O)Oc2ccccn2)cc1C. The fourth-order valence-corrected chi connectivity index (χ4v) is 2.54. The van der Waals surface area contributed by atoms with Crippen molar-refractivity contribution in [3.8, 4) is 11.6 Å². The van der Waals surface area contributed by atoms with Gasteiger partial charge in [0.15, 0.2) is 0 Å². The highest BCUT2D eigenvalue weighted by Crippen LogP contribution is 2.23. The Kier molecular flexibility index (Phi) is 3.71. The molecule has 1 heterocycles. The predicted molar refractivity (Wildman–Crippen MR) is 69.8 cm³/mol. The normalized spacial score (nSPS) is 11.1. The summed E-state index contributed by atoms with van der Waals surface area (Å²) in [6.45, 7) is 1.76. The van der Waals surface area contributed by atoms with Crippen molar-refractivity contribution in [2.24, 2.45) is 0 Å². The minimum atomic E-state index is -3.88. The van der Waals surface area contributed by atoms with Crippen LogP contribution < -0.4 is 8.92 Å². The molecule has 0 N–H and O–H groups in total. The lowest BCUT2D eigenvalue weighted by Crippen LogP contribution is -2.10. The van der Waals surface area contributed by atoms with E-state index in [1.807, 2.05) is 0 Å². The molecule has 0 radical (unpaired) electrons. The molecule has 0 spiro atoms. The number of ether oxygens (including phenoxy) is 1. The zero-order chi connectivity index (χ0) is 13.9. The number of aryl methyl sites for hydroxylation is 1. The van der Waals surface area contributed by atoms with Crippen molar-refractivity contribution in [1.29, 1.82) is 0 Å². The monoisotopic (exact) mass is 279 g/mol. The van der Waals surface area contributed by atoms with Gasteiger partial charge in [0.2, 0.25) is 5.88 Å².